The molecular weight excluding hydrogens is 376 g/mol. The number of halogens is 2. The number of amides is 2. The molecule has 3 N–H and O–H groups in total. The molecule has 0 aromatic carbocycles. The molecule has 1 fully saturated rings. The molecule has 1 aliphatic heterocycles. The number of likely N-dealkylation sites (tertiary alicyclic amines) is 1. The molecule has 0 radical (unpaired) electrons. The van der Waals surface area contributed by atoms with E-state index in [0.717, 1.165) is 4.90 Å². The zero-order chi connectivity index (χ0) is 20.1. The number of hydrogen-bond donors (Lipinski definition) is 3. The van der Waals surface area contributed by atoms with E-state index in [2.05, 4.69) is 25.4 Å². The fourth-order valence-corrected chi connectivity index (χ4v) is 2.86. The van der Waals surface area contributed by atoms with E-state index in [1.165, 1.54) is 12.4 Å². The molecule has 0 aliphatic carbocycles. The Balaban J connectivity index is 1.53. The Morgan fingerprint density at radius 3 is 2.75 bits per heavy atom. The van der Waals surface area contributed by atoms with E-state index in [1.54, 1.807) is 24.1 Å². The molecule has 10 nitrogen and oxygen atoms in total. The lowest BCUT2D eigenvalue weighted by Crippen LogP contribution is -2.62. The Morgan fingerprint density at radius 1 is 1.36 bits per heavy atom. The zero-order valence-electron chi connectivity index (χ0n) is 14.6. The van der Waals surface area contributed by atoms with E-state index in [9.17, 15) is 23.5 Å². The summed E-state index contributed by atoms with van der Waals surface area (Å²) in [5, 5.41) is 16.0. The molecule has 146 valence electrons. The number of alkyl halides is 2. The van der Waals surface area contributed by atoms with Crippen molar-refractivity contribution in [2.75, 3.05) is 13.1 Å². The van der Waals surface area contributed by atoms with Crippen molar-refractivity contribution in [1.82, 2.24) is 34.9 Å². The van der Waals surface area contributed by atoms with Gasteiger partial charge in [-0.15, -0.1) is 0 Å². The molecule has 0 spiro atoms. The molecule has 4 rings (SSSR count). The van der Waals surface area contributed by atoms with E-state index in [-0.39, 0.29) is 11.1 Å². The number of fused-ring (bicyclic) bond motifs is 1. The van der Waals surface area contributed by atoms with E-state index in [4.69, 9.17) is 0 Å². The number of nitrogens with one attached hydrogen (secondary N) is 2. The summed E-state index contributed by atoms with van der Waals surface area (Å²) in [5.74, 6) is -4.76. The van der Waals surface area contributed by atoms with Gasteiger partial charge in [-0.1, -0.05) is 0 Å². The highest BCUT2D eigenvalue weighted by Gasteiger charge is 2.47. The van der Waals surface area contributed by atoms with Crippen molar-refractivity contribution in [3.05, 3.63) is 30.4 Å². The first-order chi connectivity index (χ1) is 13.2. The first-order valence-corrected chi connectivity index (χ1v) is 8.22. The number of aromatic nitrogens is 5. The normalized spacial score (nSPS) is 16.6. The van der Waals surface area contributed by atoms with Gasteiger partial charge in [-0.3, -0.25) is 14.3 Å². The maximum atomic E-state index is 12.9. The predicted octanol–water partition coefficient (Wildman–Crippen LogP) is -0.116. The predicted molar refractivity (Wildman–Crippen MR) is 91.1 cm³/mol. The van der Waals surface area contributed by atoms with Crippen molar-refractivity contribution in [1.29, 1.82) is 0 Å². The second kappa shape index (κ2) is 6.34. The number of hydrogen-bond acceptors (Lipinski definition) is 6. The molecule has 3 aromatic rings. The number of carbonyl (C=O) groups excluding carboxylic acids is 2. The molecule has 1 aliphatic rings. The number of aliphatic hydroxyl groups excluding tert-OH is 1. The number of aryl methyl sites for hydroxylation is 1. The van der Waals surface area contributed by atoms with Crippen LogP contribution in [0.15, 0.2) is 24.8 Å². The van der Waals surface area contributed by atoms with E-state index in [1.807, 2.05) is 0 Å². The first kappa shape index (κ1) is 18.0. The number of rotatable bonds is 4. The summed E-state index contributed by atoms with van der Waals surface area (Å²) in [7, 11) is 1.75. The summed E-state index contributed by atoms with van der Waals surface area (Å²) < 4.78 is 27.3. The van der Waals surface area contributed by atoms with Crippen molar-refractivity contribution in [3.63, 3.8) is 0 Å². The third-order valence-corrected chi connectivity index (χ3v) is 4.28. The molecule has 1 saturated heterocycles. The number of nitrogens with zero attached hydrogens (tertiary/aromatic N) is 5. The van der Waals surface area contributed by atoms with Crippen molar-refractivity contribution >= 4 is 23.0 Å². The van der Waals surface area contributed by atoms with Crippen LogP contribution in [0.3, 0.4) is 0 Å². The minimum absolute atomic E-state index is 0.0500. The third-order valence-electron chi connectivity index (χ3n) is 4.28. The van der Waals surface area contributed by atoms with Gasteiger partial charge in [-0.2, -0.15) is 5.10 Å². The highest BCUT2D eigenvalue weighted by Crippen LogP contribution is 2.27. The number of aromatic amines is 1. The Morgan fingerprint density at radius 2 is 2.11 bits per heavy atom. The van der Waals surface area contributed by atoms with Gasteiger partial charge >= 0.3 is 0 Å². The standard InChI is InChI=1S/C16H15F2N7O3/c1-24-5-8(2-21-24)10-4-20-12-11(22-10)9(3-19-12)13(26)23-14(27)15(28)25-6-16(17,18)7-25/h2-5,14,27H,6-7H2,1H3,(H,19,20)(H,23,26)/t14-/m1/s1. The molecule has 0 unspecified atom stereocenters. The highest BCUT2D eigenvalue weighted by atomic mass is 19.3. The second-order valence-corrected chi connectivity index (χ2v) is 6.48. The summed E-state index contributed by atoms with van der Waals surface area (Å²) in [4.78, 5) is 36.5. The molecule has 0 saturated carbocycles. The highest BCUT2D eigenvalue weighted by molar-refractivity contribution is 6.06. The van der Waals surface area contributed by atoms with Crippen molar-refractivity contribution in [3.8, 4) is 11.3 Å². The fourth-order valence-electron chi connectivity index (χ4n) is 2.86. The number of carbonyl (C=O) groups is 2. The molecule has 28 heavy (non-hydrogen) atoms. The molecule has 12 heteroatoms. The van der Waals surface area contributed by atoms with Crippen LogP contribution in [0, 0.1) is 0 Å². The Kier molecular flexibility index (Phi) is 4.07. The van der Waals surface area contributed by atoms with Crippen LogP contribution in [-0.2, 0) is 11.8 Å². The third kappa shape index (κ3) is 3.17. The SMILES string of the molecule is Cn1cc(-c2cnc3[nH]cc(C(=O)N[C@H](O)C(=O)N4CC(F)(F)C4)c3n2)cn1. The van der Waals surface area contributed by atoms with Gasteiger partial charge < -0.3 is 20.3 Å². The van der Waals surface area contributed by atoms with Gasteiger partial charge in [0.15, 0.2) is 5.65 Å². The van der Waals surface area contributed by atoms with E-state index in [0.29, 0.717) is 16.9 Å². The Hall–Kier alpha value is -3.41. The average molecular weight is 391 g/mol. The smallest absolute Gasteiger partial charge is 0.282 e. The summed E-state index contributed by atoms with van der Waals surface area (Å²) in [6, 6.07) is 0. The molecule has 1 atom stereocenters. The number of H-pyrrole nitrogens is 1. The van der Waals surface area contributed by atoms with Gasteiger partial charge in [0.2, 0.25) is 6.23 Å². The van der Waals surface area contributed by atoms with Crippen molar-refractivity contribution in [2.45, 2.75) is 12.2 Å². The van der Waals surface area contributed by atoms with E-state index < -0.39 is 37.1 Å². The number of aliphatic hydroxyl groups is 1. The average Bonchev–Trinajstić information content (AvgIpc) is 3.24. The Bertz CT molecular complexity index is 1070. The largest absolute Gasteiger partial charge is 0.365 e. The lowest BCUT2D eigenvalue weighted by molar-refractivity contribution is -0.174. The van der Waals surface area contributed by atoms with E-state index >= 15 is 0 Å². The van der Waals surface area contributed by atoms with Crippen molar-refractivity contribution in [2.24, 2.45) is 7.05 Å². The lowest BCUT2D eigenvalue weighted by atomic mass is 10.1. The summed E-state index contributed by atoms with van der Waals surface area (Å²) >= 11 is 0. The van der Waals surface area contributed by atoms with Gasteiger partial charge in [0, 0.05) is 25.0 Å². The monoisotopic (exact) mass is 391 g/mol. The van der Waals surface area contributed by atoms with Crippen LogP contribution in [0.4, 0.5) is 8.78 Å². The van der Waals surface area contributed by atoms with Crippen LogP contribution in [0.25, 0.3) is 22.4 Å². The van der Waals surface area contributed by atoms with Crippen LogP contribution in [0.2, 0.25) is 0 Å². The fraction of sp³-hybridized carbons (Fsp3) is 0.312. The van der Waals surface area contributed by atoms with Crippen LogP contribution in [-0.4, -0.2) is 71.8 Å². The maximum absolute atomic E-state index is 12.9. The molecule has 3 aromatic heterocycles. The maximum Gasteiger partial charge on any atom is 0.282 e. The van der Waals surface area contributed by atoms with Gasteiger partial charge in [0.25, 0.3) is 17.7 Å². The summed E-state index contributed by atoms with van der Waals surface area (Å²) in [6.07, 6.45) is 4.23. The first-order valence-electron chi connectivity index (χ1n) is 8.22. The topological polar surface area (TPSA) is 129 Å². The Labute approximate surface area is 156 Å². The minimum atomic E-state index is -2.96. The minimum Gasteiger partial charge on any atom is -0.365 e. The molecule has 0 bridgehead atoms. The van der Waals surface area contributed by atoms with Crippen LogP contribution in [0.5, 0.6) is 0 Å². The molecular formula is C16H15F2N7O3. The van der Waals surface area contributed by atoms with Gasteiger partial charge in [-0.05, 0) is 0 Å². The molecule has 4 heterocycles. The second-order valence-electron chi connectivity index (χ2n) is 6.48. The van der Waals surface area contributed by atoms with Crippen LogP contribution in [0.1, 0.15) is 10.4 Å². The quantitative estimate of drug-likeness (QED) is 0.532. The lowest BCUT2D eigenvalue weighted by Gasteiger charge is -2.39. The summed E-state index contributed by atoms with van der Waals surface area (Å²) in [5.41, 5.74) is 1.79. The van der Waals surface area contributed by atoms with Gasteiger partial charge in [0.1, 0.15) is 5.52 Å². The van der Waals surface area contributed by atoms with Gasteiger partial charge in [-0.25, -0.2) is 18.7 Å². The van der Waals surface area contributed by atoms with Crippen molar-refractivity contribution < 1.29 is 23.5 Å². The van der Waals surface area contributed by atoms with Gasteiger partial charge in [0.05, 0.1) is 36.7 Å². The molecule has 2 amide bonds. The van der Waals surface area contributed by atoms with Crippen LogP contribution >= 0.6 is 0 Å². The van der Waals surface area contributed by atoms with Crippen LogP contribution < -0.4 is 5.32 Å². The summed E-state index contributed by atoms with van der Waals surface area (Å²) in [6.45, 7) is -1.57. The zero-order valence-corrected chi connectivity index (χ0v) is 14.6.